The van der Waals surface area contributed by atoms with Gasteiger partial charge in [0.25, 0.3) is 0 Å². The van der Waals surface area contributed by atoms with Crippen molar-refractivity contribution in [1.82, 2.24) is 5.32 Å². The highest BCUT2D eigenvalue weighted by molar-refractivity contribution is 5.76. The van der Waals surface area contributed by atoms with Crippen LogP contribution in [0.4, 0.5) is 0 Å². The lowest BCUT2D eigenvalue weighted by atomic mass is 10.0. The Bertz CT molecular complexity index is 822. The Morgan fingerprint density at radius 3 is 1.05 bits per heavy atom. The van der Waals surface area contributed by atoms with Crippen molar-refractivity contribution in [3.63, 3.8) is 0 Å². The topological polar surface area (TPSA) is 95.9 Å². The van der Waals surface area contributed by atoms with E-state index in [0.29, 0.717) is 25.9 Å². The molecule has 0 aliphatic carbocycles. The number of unbranched alkanes of at least 4 members (excludes halogenated alkanes) is 38. The molecule has 0 radical (unpaired) electrons. The zero-order valence-electron chi connectivity index (χ0n) is 39.3. The first-order valence-electron chi connectivity index (χ1n) is 26.3. The van der Waals surface area contributed by atoms with E-state index in [1.54, 1.807) is 0 Å². The summed E-state index contributed by atoms with van der Waals surface area (Å²) >= 11 is 0. The molecule has 0 aliphatic heterocycles. The molecule has 0 saturated carbocycles. The zero-order chi connectivity index (χ0) is 42.3. The van der Waals surface area contributed by atoms with Crippen LogP contribution in [0.1, 0.15) is 296 Å². The molecule has 3 N–H and O–H groups in total. The normalized spacial score (nSPS) is 12.6. The van der Waals surface area contributed by atoms with Crippen molar-refractivity contribution in [3.8, 4) is 0 Å². The molecule has 0 rings (SSSR count). The van der Waals surface area contributed by atoms with Crippen molar-refractivity contribution < 1.29 is 24.5 Å². The fraction of sp³-hybridized carbons (Fsp3) is 0.962. The summed E-state index contributed by atoms with van der Waals surface area (Å²) in [6.45, 7) is 4.94. The maximum atomic E-state index is 12.5. The van der Waals surface area contributed by atoms with Crippen LogP contribution >= 0.6 is 0 Å². The fourth-order valence-electron chi connectivity index (χ4n) is 8.35. The molecule has 0 heterocycles. The minimum Gasteiger partial charge on any atom is -0.466 e. The van der Waals surface area contributed by atoms with E-state index in [-0.39, 0.29) is 18.5 Å². The van der Waals surface area contributed by atoms with Crippen LogP contribution in [0, 0.1) is 0 Å². The number of aliphatic hydroxyl groups excluding tert-OH is 2. The van der Waals surface area contributed by atoms with Crippen LogP contribution in [-0.2, 0) is 14.3 Å². The summed E-state index contributed by atoms with van der Waals surface area (Å²) in [7, 11) is 0. The van der Waals surface area contributed by atoms with Crippen molar-refractivity contribution >= 4 is 11.9 Å². The minimum atomic E-state index is -0.671. The molecule has 0 aromatic rings. The summed E-state index contributed by atoms with van der Waals surface area (Å²) in [6, 6.07) is -0.549. The molecular weight excluding hydrogens is 719 g/mol. The summed E-state index contributed by atoms with van der Waals surface area (Å²) in [5.74, 6) is -0.0493. The Hall–Kier alpha value is -1.14. The van der Waals surface area contributed by atoms with Crippen LogP contribution in [0.25, 0.3) is 0 Å². The van der Waals surface area contributed by atoms with Crippen molar-refractivity contribution in [1.29, 1.82) is 0 Å². The lowest BCUT2D eigenvalue weighted by Gasteiger charge is -2.22. The molecule has 1 amide bonds. The Balaban J connectivity index is 3.44. The number of amides is 1. The number of rotatable bonds is 49. The van der Waals surface area contributed by atoms with Gasteiger partial charge in [-0.2, -0.15) is 0 Å². The molecule has 0 aliphatic rings. The highest BCUT2D eigenvalue weighted by atomic mass is 16.5. The molecule has 0 aromatic heterocycles. The molecule has 58 heavy (non-hydrogen) atoms. The molecule has 6 heteroatoms. The highest BCUT2D eigenvalue weighted by Gasteiger charge is 2.20. The van der Waals surface area contributed by atoms with Gasteiger partial charge in [0.1, 0.15) is 0 Å². The number of carbonyl (C=O) groups excluding carboxylic acids is 2. The van der Waals surface area contributed by atoms with Gasteiger partial charge in [0.2, 0.25) is 5.91 Å². The summed E-state index contributed by atoms with van der Waals surface area (Å²) in [6.07, 6.45) is 53.5. The fourth-order valence-corrected chi connectivity index (χ4v) is 8.35. The van der Waals surface area contributed by atoms with Gasteiger partial charge in [0, 0.05) is 12.8 Å². The average molecular weight is 822 g/mol. The predicted octanol–water partition coefficient (Wildman–Crippen LogP) is 15.6. The Kier molecular flexibility index (Phi) is 47.6. The first kappa shape index (κ1) is 56.9. The largest absolute Gasteiger partial charge is 0.466 e. The predicted molar refractivity (Wildman–Crippen MR) is 250 cm³/mol. The molecule has 0 bridgehead atoms. The number of nitrogens with one attached hydrogen (secondary N) is 1. The quantitative estimate of drug-likeness (QED) is 0.0420. The lowest BCUT2D eigenvalue weighted by molar-refractivity contribution is -0.143. The molecule has 6 nitrogen and oxygen atoms in total. The third-order valence-corrected chi connectivity index (χ3v) is 12.4. The van der Waals surface area contributed by atoms with E-state index in [4.69, 9.17) is 4.74 Å². The molecular formula is C52H103NO5. The van der Waals surface area contributed by atoms with Gasteiger partial charge in [-0.1, -0.05) is 258 Å². The van der Waals surface area contributed by atoms with Gasteiger partial charge in [-0.15, -0.1) is 0 Å². The van der Waals surface area contributed by atoms with Gasteiger partial charge in [0.15, 0.2) is 0 Å². The van der Waals surface area contributed by atoms with Gasteiger partial charge in [-0.3, -0.25) is 9.59 Å². The van der Waals surface area contributed by atoms with Crippen LogP contribution in [0.3, 0.4) is 0 Å². The first-order chi connectivity index (χ1) is 28.5. The second kappa shape index (κ2) is 48.5. The van der Waals surface area contributed by atoms with Crippen LogP contribution in [0.15, 0.2) is 0 Å². The molecule has 346 valence electrons. The summed E-state index contributed by atoms with van der Waals surface area (Å²) < 4.78 is 5.45. The van der Waals surface area contributed by atoms with Crippen molar-refractivity contribution in [3.05, 3.63) is 0 Å². The van der Waals surface area contributed by atoms with Crippen LogP contribution < -0.4 is 5.32 Å². The van der Waals surface area contributed by atoms with Crippen molar-refractivity contribution in [2.75, 3.05) is 13.2 Å². The molecule has 2 unspecified atom stereocenters. The average Bonchev–Trinajstić information content (AvgIpc) is 3.22. The Morgan fingerprint density at radius 1 is 0.414 bits per heavy atom. The number of hydrogen-bond acceptors (Lipinski definition) is 5. The van der Waals surface area contributed by atoms with E-state index in [1.807, 2.05) is 0 Å². The van der Waals surface area contributed by atoms with E-state index >= 15 is 0 Å². The Morgan fingerprint density at radius 2 is 0.707 bits per heavy atom. The van der Waals surface area contributed by atoms with E-state index in [0.717, 1.165) is 51.4 Å². The smallest absolute Gasteiger partial charge is 0.305 e. The molecule has 0 spiro atoms. The van der Waals surface area contributed by atoms with E-state index in [9.17, 15) is 19.8 Å². The van der Waals surface area contributed by atoms with Crippen molar-refractivity contribution in [2.45, 2.75) is 309 Å². The van der Waals surface area contributed by atoms with Crippen LogP contribution in [0.5, 0.6) is 0 Å². The second-order valence-corrected chi connectivity index (χ2v) is 18.2. The van der Waals surface area contributed by atoms with Gasteiger partial charge in [-0.25, -0.2) is 0 Å². The second-order valence-electron chi connectivity index (χ2n) is 18.2. The first-order valence-corrected chi connectivity index (χ1v) is 26.3. The third-order valence-electron chi connectivity index (χ3n) is 12.4. The Labute approximate surface area is 362 Å². The third kappa shape index (κ3) is 44.4. The van der Waals surface area contributed by atoms with Gasteiger partial charge < -0.3 is 20.3 Å². The number of esters is 1. The van der Waals surface area contributed by atoms with Crippen molar-refractivity contribution in [2.24, 2.45) is 0 Å². The summed E-state index contributed by atoms with van der Waals surface area (Å²) in [4.78, 5) is 24.4. The van der Waals surface area contributed by atoms with E-state index in [2.05, 4.69) is 19.2 Å². The highest BCUT2D eigenvalue weighted by Crippen LogP contribution is 2.17. The minimum absolute atomic E-state index is 0.00400. The van der Waals surface area contributed by atoms with Gasteiger partial charge in [0.05, 0.1) is 25.4 Å². The number of ether oxygens (including phenoxy) is 1. The maximum Gasteiger partial charge on any atom is 0.305 e. The van der Waals surface area contributed by atoms with Gasteiger partial charge in [-0.05, 0) is 25.7 Å². The lowest BCUT2D eigenvalue weighted by Crippen LogP contribution is -2.45. The van der Waals surface area contributed by atoms with Crippen LogP contribution in [-0.4, -0.2) is 47.4 Å². The van der Waals surface area contributed by atoms with Crippen LogP contribution in [0.2, 0.25) is 0 Å². The molecule has 2 atom stereocenters. The standard InChI is InChI=1S/C52H103NO5/c1-3-5-7-9-11-13-15-17-18-19-21-24-28-32-36-40-44-50(55)49(48-54)53-51(56)45-41-37-33-29-25-22-20-23-27-31-35-39-43-47-58-52(57)46-42-38-34-30-26-16-14-12-10-8-6-4-2/h49-50,54-55H,3-48H2,1-2H3,(H,53,56). The molecule has 0 aromatic carbocycles. The summed E-state index contributed by atoms with van der Waals surface area (Å²) in [5.41, 5.74) is 0. The number of carbonyl (C=O) groups is 2. The summed E-state index contributed by atoms with van der Waals surface area (Å²) in [5, 5.41) is 23.2. The molecule has 0 saturated heterocycles. The van der Waals surface area contributed by atoms with E-state index in [1.165, 1.54) is 212 Å². The zero-order valence-corrected chi connectivity index (χ0v) is 39.3. The SMILES string of the molecule is CCCCCCCCCCCCCCCCCCC(O)C(CO)NC(=O)CCCCCCCCCCCCCCCOC(=O)CCCCCCCCCCCCCC. The number of hydrogen-bond donors (Lipinski definition) is 3. The molecule has 0 fully saturated rings. The maximum absolute atomic E-state index is 12.5. The monoisotopic (exact) mass is 822 g/mol. The van der Waals surface area contributed by atoms with E-state index < -0.39 is 12.1 Å². The number of aliphatic hydroxyl groups is 2. The van der Waals surface area contributed by atoms with Gasteiger partial charge >= 0.3 is 5.97 Å².